The van der Waals surface area contributed by atoms with Gasteiger partial charge in [-0.05, 0) is 25.7 Å². The molecule has 0 aromatic carbocycles. The van der Waals surface area contributed by atoms with Gasteiger partial charge in [0.1, 0.15) is 10.3 Å². The van der Waals surface area contributed by atoms with Crippen LogP contribution in [0.25, 0.3) is 5.65 Å². The van der Waals surface area contributed by atoms with Gasteiger partial charge in [0.05, 0.1) is 6.61 Å². The topological polar surface area (TPSA) is 56.5 Å². The summed E-state index contributed by atoms with van der Waals surface area (Å²) in [5.74, 6) is -0.152. The molecular formula is C12H11Cl2N3O2. The van der Waals surface area contributed by atoms with Crippen molar-refractivity contribution in [2.45, 2.75) is 25.7 Å². The lowest BCUT2D eigenvalue weighted by Crippen LogP contribution is -2.07. The van der Waals surface area contributed by atoms with Gasteiger partial charge in [0.15, 0.2) is 11.3 Å². The molecule has 100 valence electrons. The van der Waals surface area contributed by atoms with Crippen LogP contribution in [-0.4, -0.2) is 27.2 Å². The molecule has 0 bridgehead atoms. The molecule has 3 rings (SSSR count). The lowest BCUT2D eigenvalue weighted by molar-refractivity contribution is 0.0518. The van der Waals surface area contributed by atoms with Crippen LogP contribution in [0.4, 0.5) is 0 Å². The molecule has 0 N–H and O–H groups in total. The fourth-order valence-electron chi connectivity index (χ4n) is 2.07. The number of halogens is 2. The molecule has 2 aromatic rings. The van der Waals surface area contributed by atoms with Crippen LogP contribution in [0.2, 0.25) is 10.3 Å². The summed E-state index contributed by atoms with van der Waals surface area (Å²) in [7, 11) is 0. The van der Waals surface area contributed by atoms with Crippen LogP contribution in [0.1, 0.15) is 41.7 Å². The van der Waals surface area contributed by atoms with Crippen LogP contribution in [0.15, 0.2) is 6.07 Å². The molecule has 0 amide bonds. The Morgan fingerprint density at radius 2 is 2.26 bits per heavy atom. The highest BCUT2D eigenvalue weighted by Gasteiger charge is 2.34. The van der Waals surface area contributed by atoms with E-state index in [1.54, 1.807) is 6.92 Å². The van der Waals surface area contributed by atoms with Gasteiger partial charge in [0.2, 0.25) is 0 Å². The first-order chi connectivity index (χ1) is 9.11. The van der Waals surface area contributed by atoms with Crippen LogP contribution in [0.5, 0.6) is 0 Å². The summed E-state index contributed by atoms with van der Waals surface area (Å²) in [5, 5.41) is 4.84. The molecule has 2 heterocycles. The maximum Gasteiger partial charge on any atom is 0.359 e. The van der Waals surface area contributed by atoms with Crippen molar-refractivity contribution in [2.24, 2.45) is 0 Å². The monoisotopic (exact) mass is 299 g/mol. The zero-order chi connectivity index (χ0) is 13.6. The minimum absolute atomic E-state index is 0.287. The second-order valence-corrected chi connectivity index (χ2v) is 5.17. The zero-order valence-corrected chi connectivity index (χ0v) is 11.7. The Kier molecular flexibility index (Phi) is 3.11. The largest absolute Gasteiger partial charge is 0.461 e. The summed E-state index contributed by atoms with van der Waals surface area (Å²) in [4.78, 5) is 16.2. The van der Waals surface area contributed by atoms with E-state index in [2.05, 4.69) is 10.1 Å². The number of nitrogens with zero attached hydrogens (tertiary/aromatic N) is 3. The number of rotatable bonds is 3. The fraction of sp³-hybridized carbons (Fsp3) is 0.417. The fourth-order valence-corrected chi connectivity index (χ4v) is 2.53. The molecule has 1 aliphatic rings. The molecule has 1 aliphatic carbocycles. The third-order valence-electron chi connectivity index (χ3n) is 3.00. The van der Waals surface area contributed by atoms with Crippen molar-refractivity contribution in [1.82, 2.24) is 14.6 Å². The average Bonchev–Trinajstić information content (AvgIpc) is 3.10. The maximum atomic E-state index is 12.0. The lowest BCUT2D eigenvalue weighted by Gasteiger charge is -2.00. The molecule has 0 aliphatic heterocycles. The summed E-state index contributed by atoms with van der Waals surface area (Å²) in [6.07, 6.45) is 2.03. The van der Waals surface area contributed by atoms with E-state index in [9.17, 15) is 4.79 Å². The number of hydrogen-bond donors (Lipinski definition) is 0. The molecule has 0 atom stereocenters. The van der Waals surface area contributed by atoms with Gasteiger partial charge in [-0.1, -0.05) is 23.2 Å². The maximum absolute atomic E-state index is 12.0. The van der Waals surface area contributed by atoms with Gasteiger partial charge in [0, 0.05) is 11.6 Å². The van der Waals surface area contributed by atoms with E-state index >= 15 is 0 Å². The van der Waals surface area contributed by atoms with Crippen LogP contribution in [0, 0.1) is 0 Å². The third-order valence-corrected chi connectivity index (χ3v) is 3.47. The van der Waals surface area contributed by atoms with Crippen molar-refractivity contribution in [3.8, 4) is 0 Å². The third kappa shape index (κ3) is 2.17. The number of hydrogen-bond acceptors (Lipinski definition) is 4. The molecule has 7 heteroatoms. The van der Waals surface area contributed by atoms with E-state index in [4.69, 9.17) is 27.9 Å². The van der Waals surface area contributed by atoms with Gasteiger partial charge in [-0.2, -0.15) is 5.10 Å². The molecule has 0 radical (unpaired) electrons. The van der Waals surface area contributed by atoms with Crippen LogP contribution in [-0.2, 0) is 4.74 Å². The highest BCUT2D eigenvalue weighted by molar-refractivity contribution is 6.33. The first-order valence-corrected chi connectivity index (χ1v) is 6.79. The predicted octanol–water partition coefficient (Wildman–Crippen LogP) is 3.09. The predicted molar refractivity (Wildman–Crippen MR) is 70.9 cm³/mol. The van der Waals surface area contributed by atoms with Gasteiger partial charge in [-0.3, -0.25) is 0 Å². The molecule has 5 nitrogen and oxygen atoms in total. The van der Waals surface area contributed by atoms with Crippen LogP contribution < -0.4 is 0 Å². The van der Waals surface area contributed by atoms with Gasteiger partial charge in [-0.25, -0.2) is 14.3 Å². The zero-order valence-electron chi connectivity index (χ0n) is 10.2. The van der Waals surface area contributed by atoms with E-state index < -0.39 is 5.97 Å². The van der Waals surface area contributed by atoms with Crippen molar-refractivity contribution in [1.29, 1.82) is 0 Å². The standard InChI is InChI=1S/C12H11Cl2N3O2/c1-2-19-12(18)10-9(6-3-4-6)11-15-7(13)5-8(14)17(11)16-10/h5-6H,2-4H2,1H3. The van der Waals surface area contributed by atoms with Gasteiger partial charge in [0.25, 0.3) is 0 Å². The normalized spacial score (nSPS) is 14.9. The van der Waals surface area contributed by atoms with Gasteiger partial charge in [-0.15, -0.1) is 0 Å². The molecule has 1 fully saturated rings. The molecule has 0 spiro atoms. The van der Waals surface area contributed by atoms with E-state index in [-0.39, 0.29) is 5.15 Å². The minimum atomic E-state index is -0.443. The number of aromatic nitrogens is 3. The van der Waals surface area contributed by atoms with E-state index in [1.807, 2.05) is 0 Å². The molecule has 2 aromatic heterocycles. The van der Waals surface area contributed by atoms with Crippen LogP contribution in [0.3, 0.4) is 0 Å². The van der Waals surface area contributed by atoms with Gasteiger partial charge >= 0.3 is 5.97 Å². The second kappa shape index (κ2) is 4.65. The van der Waals surface area contributed by atoms with Crippen molar-refractivity contribution in [2.75, 3.05) is 6.61 Å². The summed E-state index contributed by atoms with van der Waals surface area (Å²) >= 11 is 12.0. The van der Waals surface area contributed by atoms with E-state index in [0.29, 0.717) is 29.0 Å². The van der Waals surface area contributed by atoms with E-state index in [1.165, 1.54) is 10.6 Å². The summed E-state index contributed by atoms with van der Waals surface area (Å²) in [5.41, 5.74) is 1.63. The Labute approximate surface area is 119 Å². The highest BCUT2D eigenvalue weighted by Crippen LogP contribution is 2.44. The summed E-state index contributed by atoms with van der Waals surface area (Å²) < 4.78 is 6.47. The highest BCUT2D eigenvalue weighted by atomic mass is 35.5. The quantitative estimate of drug-likeness (QED) is 0.645. The molecule has 0 saturated heterocycles. The Morgan fingerprint density at radius 1 is 1.53 bits per heavy atom. The van der Waals surface area contributed by atoms with Crippen molar-refractivity contribution in [3.05, 3.63) is 27.6 Å². The molecule has 19 heavy (non-hydrogen) atoms. The number of carbonyl (C=O) groups excluding carboxylic acids is 1. The Hall–Kier alpha value is -1.33. The molecule has 1 saturated carbocycles. The summed E-state index contributed by atoms with van der Waals surface area (Å²) in [6, 6.07) is 1.49. The van der Waals surface area contributed by atoms with E-state index in [0.717, 1.165) is 18.4 Å². The molecular weight excluding hydrogens is 289 g/mol. The first kappa shape index (κ1) is 12.7. The first-order valence-electron chi connectivity index (χ1n) is 6.03. The Morgan fingerprint density at radius 3 is 2.89 bits per heavy atom. The van der Waals surface area contributed by atoms with Crippen LogP contribution >= 0.6 is 23.2 Å². The Balaban J connectivity index is 2.24. The molecule has 0 unspecified atom stereocenters. The second-order valence-electron chi connectivity index (χ2n) is 4.39. The van der Waals surface area contributed by atoms with Gasteiger partial charge < -0.3 is 4.74 Å². The smallest absolute Gasteiger partial charge is 0.359 e. The van der Waals surface area contributed by atoms with Crippen molar-refractivity contribution >= 4 is 34.8 Å². The number of esters is 1. The van der Waals surface area contributed by atoms with Crippen molar-refractivity contribution < 1.29 is 9.53 Å². The Bertz CT molecular complexity index is 665. The lowest BCUT2D eigenvalue weighted by atomic mass is 10.1. The number of carbonyl (C=O) groups is 1. The number of ether oxygens (including phenoxy) is 1. The minimum Gasteiger partial charge on any atom is -0.461 e. The number of fused-ring (bicyclic) bond motifs is 1. The SMILES string of the molecule is CCOC(=O)c1nn2c(Cl)cc(Cl)nc2c1C1CC1. The average molecular weight is 300 g/mol. The summed E-state index contributed by atoms with van der Waals surface area (Å²) in [6.45, 7) is 2.06. The van der Waals surface area contributed by atoms with Crippen molar-refractivity contribution in [3.63, 3.8) is 0 Å².